The van der Waals surface area contributed by atoms with E-state index >= 15 is 0 Å². The molecule has 162 valence electrons. The molecule has 0 aliphatic heterocycles. The Hall–Kier alpha value is -3.27. The van der Waals surface area contributed by atoms with E-state index in [0.717, 1.165) is 23.3 Å². The second kappa shape index (κ2) is 9.69. The van der Waals surface area contributed by atoms with Crippen molar-refractivity contribution in [1.29, 1.82) is 0 Å². The van der Waals surface area contributed by atoms with Gasteiger partial charge in [0.05, 0.1) is 6.54 Å². The summed E-state index contributed by atoms with van der Waals surface area (Å²) >= 11 is 3.19. The first-order valence-corrected chi connectivity index (χ1v) is 9.87. The van der Waals surface area contributed by atoms with E-state index < -0.39 is 17.7 Å². The molecule has 7 nitrogen and oxygen atoms in total. The Morgan fingerprint density at radius 2 is 1.90 bits per heavy atom. The molecule has 0 spiro atoms. The molecule has 0 saturated heterocycles. The Morgan fingerprint density at radius 1 is 1.16 bits per heavy atom. The van der Waals surface area contributed by atoms with Gasteiger partial charge in [-0.1, -0.05) is 24.3 Å². The Balaban J connectivity index is 1.79. The van der Waals surface area contributed by atoms with Crippen molar-refractivity contribution in [1.82, 2.24) is 9.55 Å². The standard InChI is InChI=1S/C21H18BrF2N3O4/c1-12-26-19(30-11-15-5-6-16(23)8-17(15)24)18(22)20(28)27(12)9-13-3-2-4-14(7-13)10-31-21(25)29/h2-8H,9-11H2,1H3,(H2,25,29). The molecular weight excluding hydrogens is 476 g/mol. The van der Waals surface area contributed by atoms with E-state index in [1.54, 1.807) is 25.1 Å². The first-order chi connectivity index (χ1) is 14.7. The van der Waals surface area contributed by atoms with Crippen LogP contribution in [0, 0.1) is 18.6 Å². The number of nitrogens with zero attached hydrogens (tertiary/aromatic N) is 2. The third-order valence-electron chi connectivity index (χ3n) is 4.37. The van der Waals surface area contributed by atoms with E-state index in [0.29, 0.717) is 5.82 Å². The molecule has 3 rings (SSSR count). The van der Waals surface area contributed by atoms with Gasteiger partial charge in [0.25, 0.3) is 5.56 Å². The number of benzene rings is 2. The number of primary amides is 1. The highest BCUT2D eigenvalue weighted by Gasteiger charge is 2.15. The Kier molecular flexibility index (Phi) is 7.01. The third-order valence-corrected chi connectivity index (χ3v) is 5.05. The molecule has 1 aromatic heterocycles. The van der Waals surface area contributed by atoms with Crippen LogP contribution in [0.4, 0.5) is 13.6 Å². The number of hydrogen-bond acceptors (Lipinski definition) is 5. The lowest BCUT2D eigenvalue weighted by atomic mass is 10.1. The van der Waals surface area contributed by atoms with Crippen LogP contribution < -0.4 is 16.0 Å². The topological polar surface area (TPSA) is 96.4 Å². The Bertz CT molecular complexity index is 1180. The number of carbonyl (C=O) groups is 1. The second-order valence-corrected chi connectivity index (χ2v) is 7.41. The fourth-order valence-electron chi connectivity index (χ4n) is 2.83. The maximum atomic E-state index is 13.8. The van der Waals surface area contributed by atoms with Crippen LogP contribution in [0.15, 0.2) is 51.7 Å². The number of ether oxygens (including phenoxy) is 2. The molecular formula is C21H18BrF2N3O4. The van der Waals surface area contributed by atoms with E-state index in [9.17, 15) is 18.4 Å². The lowest BCUT2D eigenvalue weighted by Gasteiger charge is -2.14. The zero-order chi connectivity index (χ0) is 22.5. The smallest absolute Gasteiger partial charge is 0.404 e. The average Bonchev–Trinajstić information content (AvgIpc) is 2.72. The number of aromatic nitrogens is 2. The van der Waals surface area contributed by atoms with Crippen molar-refractivity contribution in [2.45, 2.75) is 26.7 Å². The van der Waals surface area contributed by atoms with Crippen molar-refractivity contribution in [3.05, 3.63) is 91.4 Å². The van der Waals surface area contributed by atoms with E-state index in [1.165, 1.54) is 10.6 Å². The fraction of sp³-hybridized carbons (Fsp3) is 0.190. The summed E-state index contributed by atoms with van der Waals surface area (Å²) < 4.78 is 38.6. The van der Waals surface area contributed by atoms with Crippen molar-refractivity contribution < 1.29 is 23.0 Å². The zero-order valence-corrected chi connectivity index (χ0v) is 18.0. The molecule has 1 amide bonds. The highest BCUT2D eigenvalue weighted by molar-refractivity contribution is 9.10. The first-order valence-electron chi connectivity index (χ1n) is 9.08. The van der Waals surface area contributed by atoms with Crippen molar-refractivity contribution in [2.75, 3.05) is 0 Å². The number of carbonyl (C=O) groups excluding carboxylic acids is 1. The van der Waals surface area contributed by atoms with Crippen LogP contribution in [0.2, 0.25) is 0 Å². The van der Waals surface area contributed by atoms with Gasteiger partial charge >= 0.3 is 6.09 Å². The summed E-state index contributed by atoms with van der Waals surface area (Å²) in [6, 6.07) is 10.3. The molecule has 0 atom stereocenters. The molecule has 0 radical (unpaired) electrons. The summed E-state index contributed by atoms with van der Waals surface area (Å²) in [7, 11) is 0. The molecule has 0 aliphatic rings. The van der Waals surface area contributed by atoms with E-state index in [2.05, 4.69) is 20.9 Å². The van der Waals surface area contributed by atoms with Crippen LogP contribution in [0.3, 0.4) is 0 Å². The molecule has 2 aromatic carbocycles. The highest BCUT2D eigenvalue weighted by atomic mass is 79.9. The molecule has 0 saturated carbocycles. The summed E-state index contributed by atoms with van der Waals surface area (Å²) in [5, 5.41) is 0. The fourth-order valence-corrected chi connectivity index (χ4v) is 3.25. The summed E-state index contributed by atoms with van der Waals surface area (Å²) in [6.07, 6.45) is -0.873. The number of halogens is 3. The Morgan fingerprint density at radius 3 is 2.61 bits per heavy atom. The number of rotatable bonds is 7. The summed E-state index contributed by atoms with van der Waals surface area (Å²) in [5.74, 6) is -1.06. The van der Waals surface area contributed by atoms with E-state index in [-0.39, 0.29) is 41.2 Å². The predicted octanol–water partition coefficient (Wildman–Crippen LogP) is 3.82. The number of aryl methyl sites for hydroxylation is 1. The van der Waals surface area contributed by atoms with Crippen LogP contribution >= 0.6 is 15.9 Å². The van der Waals surface area contributed by atoms with Gasteiger partial charge in [-0.05, 0) is 46.1 Å². The molecule has 31 heavy (non-hydrogen) atoms. The number of hydrogen-bond donors (Lipinski definition) is 1. The SMILES string of the molecule is Cc1nc(OCc2ccc(F)cc2F)c(Br)c(=O)n1Cc1cccc(COC(N)=O)c1. The van der Waals surface area contributed by atoms with Gasteiger partial charge in [-0.15, -0.1) is 0 Å². The first kappa shape index (κ1) is 22.4. The van der Waals surface area contributed by atoms with Crippen LogP contribution in [0.5, 0.6) is 5.88 Å². The van der Waals surface area contributed by atoms with Gasteiger partial charge in [-0.3, -0.25) is 9.36 Å². The van der Waals surface area contributed by atoms with Gasteiger partial charge in [0.2, 0.25) is 5.88 Å². The molecule has 1 heterocycles. The van der Waals surface area contributed by atoms with Crippen LogP contribution in [-0.4, -0.2) is 15.6 Å². The third kappa shape index (κ3) is 5.66. The minimum atomic E-state index is -0.873. The van der Waals surface area contributed by atoms with Gasteiger partial charge < -0.3 is 15.2 Å². The zero-order valence-electron chi connectivity index (χ0n) is 16.4. The van der Waals surface area contributed by atoms with Crippen molar-refractivity contribution in [2.24, 2.45) is 5.73 Å². The highest BCUT2D eigenvalue weighted by Crippen LogP contribution is 2.21. The quantitative estimate of drug-likeness (QED) is 0.539. The average molecular weight is 494 g/mol. The minimum Gasteiger partial charge on any atom is -0.472 e. The van der Waals surface area contributed by atoms with Crippen molar-refractivity contribution >= 4 is 22.0 Å². The molecule has 3 aromatic rings. The van der Waals surface area contributed by atoms with Crippen LogP contribution in [-0.2, 0) is 24.5 Å². The van der Waals surface area contributed by atoms with Crippen molar-refractivity contribution in [3.8, 4) is 5.88 Å². The normalized spacial score (nSPS) is 10.7. The largest absolute Gasteiger partial charge is 0.472 e. The van der Waals surface area contributed by atoms with Crippen molar-refractivity contribution in [3.63, 3.8) is 0 Å². The number of nitrogens with two attached hydrogens (primary N) is 1. The molecule has 0 unspecified atom stereocenters. The van der Waals surface area contributed by atoms with Gasteiger partial charge in [0.15, 0.2) is 0 Å². The number of amides is 1. The van der Waals surface area contributed by atoms with Gasteiger partial charge in [0.1, 0.15) is 35.1 Å². The monoisotopic (exact) mass is 493 g/mol. The van der Waals surface area contributed by atoms with E-state index in [4.69, 9.17) is 15.2 Å². The van der Waals surface area contributed by atoms with Gasteiger partial charge in [-0.2, -0.15) is 4.98 Å². The Labute approximate surface area is 184 Å². The summed E-state index contributed by atoms with van der Waals surface area (Å²) in [6.45, 7) is 1.65. The molecule has 10 heteroatoms. The maximum absolute atomic E-state index is 13.8. The molecule has 0 fully saturated rings. The lowest BCUT2D eigenvalue weighted by molar-refractivity contribution is 0.150. The molecule has 0 bridgehead atoms. The minimum absolute atomic E-state index is 0.00563. The predicted molar refractivity (Wildman–Crippen MR) is 112 cm³/mol. The summed E-state index contributed by atoms with van der Waals surface area (Å²) in [5.41, 5.74) is 6.22. The van der Waals surface area contributed by atoms with E-state index in [1.807, 2.05) is 6.07 Å². The van der Waals surface area contributed by atoms with Gasteiger partial charge in [-0.25, -0.2) is 13.6 Å². The second-order valence-electron chi connectivity index (χ2n) is 6.62. The van der Waals surface area contributed by atoms with Crippen LogP contribution in [0.1, 0.15) is 22.5 Å². The maximum Gasteiger partial charge on any atom is 0.404 e. The molecule has 2 N–H and O–H groups in total. The lowest BCUT2D eigenvalue weighted by Crippen LogP contribution is -2.26. The summed E-state index contributed by atoms with van der Waals surface area (Å²) in [4.78, 5) is 27.9. The molecule has 0 aliphatic carbocycles. The van der Waals surface area contributed by atoms with Crippen LogP contribution in [0.25, 0.3) is 0 Å². The van der Waals surface area contributed by atoms with Gasteiger partial charge in [0, 0.05) is 11.6 Å².